The summed E-state index contributed by atoms with van der Waals surface area (Å²) >= 11 is 5.49. The molecule has 0 saturated heterocycles. The van der Waals surface area contributed by atoms with Crippen LogP contribution >= 0.6 is 32.2 Å². The summed E-state index contributed by atoms with van der Waals surface area (Å²) in [5.74, 6) is 0.0451. The molecule has 56 valence electrons. The predicted molar refractivity (Wildman–Crippen MR) is 42.2 cm³/mol. The van der Waals surface area contributed by atoms with Crippen molar-refractivity contribution in [3.05, 3.63) is 0 Å². The van der Waals surface area contributed by atoms with Gasteiger partial charge in [0.25, 0.3) is 10.1 Å². The van der Waals surface area contributed by atoms with Crippen LogP contribution in [0.1, 0.15) is 6.42 Å². The second-order valence-electron chi connectivity index (χ2n) is 1.37. The third kappa shape index (κ3) is 5.32. The van der Waals surface area contributed by atoms with Crippen LogP contribution < -0.4 is 0 Å². The Balaban J connectivity index is 3.61. The number of halogens is 2. The summed E-state index contributed by atoms with van der Waals surface area (Å²) < 4.78 is 24.9. The molecule has 0 saturated carbocycles. The summed E-state index contributed by atoms with van der Waals surface area (Å²) in [6.45, 7) is 0. The Morgan fingerprint density at radius 2 is 2.00 bits per heavy atom. The maximum absolute atomic E-state index is 10.5. The van der Waals surface area contributed by atoms with E-state index in [9.17, 15) is 8.42 Å². The summed E-state index contributed by atoms with van der Waals surface area (Å²) in [4.78, 5) is 0. The third-order valence-corrected chi connectivity index (χ3v) is 3.37. The van der Waals surface area contributed by atoms with Gasteiger partial charge < -0.3 is 0 Å². The van der Waals surface area contributed by atoms with Crippen LogP contribution in [0.4, 0.5) is 0 Å². The predicted octanol–water partition coefficient (Wildman–Crippen LogP) is 1.43. The zero-order valence-corrected chi connectivity index (χ0v) is 8.50. The van der Waals surface area contributed by atoms with Crippen LogP contribution in [0.25, 0.3) is 0 Å². The molecule has 0 unspecified atom stereocenters. The van der Waals surface area contributed by atoms with E-state index in [1.807, 2.05) is 0 Å². The molecule has 0 atom stereocenters. The molecular formula is C3H6Br2O3S. The van der Waals surface area contributed by atoms with Crippen molar-refractivity contribution < 1.29 is 11.7 Å². The Kier molecular flexibility index (Phi) is 5.10. The molecule has 0 bridgehead atoms. The number of hydrogen-bond donors (Lipinski definition) is 0. The standard InChI is InChI=1S/C3H6Br2O3S/c4-2-1-3-9(6,7)8-5/h1-3H2. The molecule has 0 rings (SSSR count). The molecule has 0 aliphatic heterocycles. The lowest BCUT2D eigenvalue weighted by Crippen LogP contribution is -2.04. The van der Waals surface area contributed by atoms with Crippen LogP contribution in [-0.2, 0) is 13.4 Å². The van der Waals surface area contributed by atoms with Crippen molar-refractivity contribution in [3.8, 4) is 0 Å². The minimum atomic E-state index is -3.29. The molecule has 6 heteroatoms. The molecule has 0 aromatic carbocycles. The van der Waals surface area contributed by atoms with Gasteiger partial charge in [0.15, 0.2) is 0 Å². The molecular weight excluding hydrogens is 276 g/mol. The van der Waals surface area contributed by atoms with E-state index in [1.165, 1.54) is 0 Å². The molecule has 0 aromatic heterocycles. The zero-order valence-electron chi connectivity index (χ0n) is 4.51. The highest BCUT2D eigenvalue weighted by atomic mass is 79.9. The van der Waals surface area contributed by atoms with E-state index >= 15 is 0 Å². The van der Waals surface area contributed by atoms with E-state index in [-0.39, 0.29) is 5.75 Å². The molecule has 0 fully saturated rings. The Morgan fingerprint density at radius 3 is 2.33 bits per heavy atom. The molecule has 0 radical (unpaired) electrons. The van der Waals surface area contributed by atoms with Gasteiger partial charge in [-0.2, -0.15) is 11.7 Å². The maximum Gasteiger partial charge on any atom is 0.277 e. The minimum absolute atomic E-state index is 0.0451. The first-order chi connectivity index (χ1) is 4.12. The van der Waals surface area contributed by atoms with Crippen LogP contribution in [0, 0.1) is 0 Å². The van der Waals surface area contributed by atoms with Gasteiger partial charge in [0.2, 0.25) is 0 Å². The van der Waals surface area contributed by atoms with Crippen LogP contribution in [0.3, 0.4) is 0 Å². The highest BCUT2D eigenvalue weighted by Gasteiger charge is 2.07. The highest BCUT2D eigenvalue weighted by molar-refractivity contribution is 9.09. The van der Waals surface area contributed by atoms with Crippen molar-refractivity contribution in [1.29, 1.82) is 0 Å². The van der Waals surface area contributed by atoms with Gasteiger partial charge in [0.1, 0.15) is 16.3 Å². The summed E-state index contributed by atoms with van der Waals surface area (Å²) in [5, 5.41) is 0.669. The molecule has 0 heterocycles. The Bertz CT molecular complexity index is 152. The van der Waals surface area contributed by atoms with E-state index in [4.69, 9.17) is 0 Å². The fraction of sp³-hybridized carbons (Fsp3) is 1.00. The van der Waals surface area contributed by atoms with Crippen molar-refractivity contribution in [2.45, 2.75) is 6.42 Å². The summed E-state index contributed by atoms with van der Waals surface area (Å²) in [7, 11) is -3.29. The average Bonchev–Trinajstić information content (AvgIpc) is 1.84. The van der Waals surface area contributed by atoms with Gasteiger partial charge in [-0.25, -0.2) is 0 Å². The lowest BCUT2D eigenvalue weighted by Gasteiger charge is -1.94. The Morgan fingerprint density at radius 1 is 1.44 bits per heavy atom. The van der Waals surface area contributed by atoms with Gasteiger partial charge in [0, 0.05) is 5.33 Å². The smallest absolute Gasteiger partial charge is 0.199 e. The van der Waals surface area contributed by atoms with E-state index in [0.29, 0.717) is 11.8 Å². The second-order valence-corrected chi connectivity index (χ2v) is 4.60. The van der Waals surface area contributed by atoms with Gasteiger partial charge in [-0.1, -0.05) is 15.9 Å². The summed E-state index contributed by atoms with van der Waals surface area (Å²) in [6, 6.07) is 0. The first kappa shape index (κ1) is 9.87. The Labute approximate surface area is 71.5 Å². The normalized spacial score (nSPS) is 11.8. The lowest BCUT2D eigenvalue weighted by atomic mass is 10.6. The van der Waals surface area contributed by atoms with Gasteiger partial charge in [-0.15, -0.1) is 0 Å². The van der Waals surface area contributed by atoms with Crippen molar-refractivity contribution in [3.63, 3.8) is 0 Å². The molecule has 0 spiro atoms. The van der Waals surface area contributed by atoms with Gasteiger partial charge in [-0.05, 0) is 6.42 Å². The highest BCUT2D eigenvalue weighted by Crippen LogP contribution is 2.01. The van der Waals surface area contributed by atoms with Crippen molar-refractivity contribution >= 4 is 42.3 Å². The van der Waals surface area contributed by atoms with E-state index in [1.54, 1.807) is 0 Å². The summed E-state index contributed by atoms with van der Waals surface area (Å²) in [6.07, 6.45) is 0.563. The van der Waals surface area contributed by atoms with E-state index < -0.39 is 10.1 Å². The zero-order chi connectivity index (χ0) is 7.33. The fourth-order valence-electron chi connectivity index (χ4n) is 0.263. The monoisotopic (exact) mass is 280 g/mol. The number of hydrogen-bond acceptors (Lipinski definition) is 3. The third-order valence-electron chi connectivity index (χ3n) is 0.624. The van der Waals surface area contributed by atoms with Gasteiger partial charge >= 0.3 is 0 Å². The van der Waals surface area contributed by atoms with Crippen molar-refractivity contribution in [1.82, 2.24) is 0 Å². The van der Waals surface area contributed by atoms with Crippen molar-refractivity contribution in [2.24, 2.45) is 0 Å². The number of rotatable bonds is 4. The molecule has 3 nitrogen and oxygen atoms in total. The lowest BCUT2D eigenvalue weighted by molar-refractivity contribution is 0.526. The average molecular weight is 282 g/mol. The topological polar surface area (TPSA) is 43.4 Å². The first-order valence-corrected chi connectivity index (χ1v) is 5.56. The maximum atomic E-state index is 10.5. The fourth-order valence-corrected chi connectivity index (χ4v) is 1.87. The van der Waals surface area contributed by atoms with Crippen LogP contribution in [0.15, 0.2) is 0 Å². The molecule has 0 aliphatic rings. The largest absolute Gasteiger partial charge is 0.277 e. The molecule has 0 aromatic rings. The van der Waals surface area contributed by atoms with Crippen LogP contribution in [0.2, 0.25) is 0 Å². The van der Waals surface area contributed by atoms with Crippen LogP contribution in [-0.4, -0.2) is 19.5 Å². The Hall–Kier alpha value is 0.870. The van der Waals surface area contributed by atoms with Gasteiger partial charge in [-0.3, -0.25) is 0 Å². The quantitative estimate of drug-likeness (QED) is 0.732. The van der Waals surface area contributed by atoms with Crippen molar-refractivity contribution in [2.75, 3.05) is 11.1 Å². The SMILES string of the molecule is O=S(=O)(CCCBr)OBr. The first-order valence-electron chi connectivity index (χ1n) is 2.21. The molecule has 0 aliphatic carbocycles. The number of alkyl halides is 1. The second kappa shape index (κ2) is 4.65. The van der Waals surface area contributed by atoms with E-state index in [0.717, 1.165) is 0 Å². The van der Waals surface area contributed by atoms with Gasteiger partial charge in [0.05, 0.1) is 5.75 Å². The van der Waals surface area contributed by atoms with Crippen LogP contribution in [0.5, 0.6) is 0 Å². The van der Waals surface area contributed by atoms with E-state index in [2.05, 4.69) is 35.5 Å². The minimum Gasteiger partial charge on any atom is -0.199 e. The molecule has 0 amide bonds. The molecule has 0 N–H and O–H groups in total. The summed E-state index contributed by atoms with van der Waals surface area (Å²) in [5.41, 5.74) is 0. The molecule has 9 heavy (non-hydrogen) atoms.